The van der Waals surface area contributed by atoms with E-state index in [2.05, 4.69) is 10.6 Å². The number of hydrogen-bond acceptors (Lipinski definition) is 2. The third kappa shape index (κ3) is 1.17. The molecule has 0 bridgehead atoms. The third-order valence-electron chi connectivity index (χ3n) is 2.20. The Balaban J connectivity index is 2.58. The first kappa shape index (κ1) is 9.08. The van der Waals surface area contributed by atoms with Crippen molar-refractivity contribution in [3.05, 3.63) is 29.3 Å². The van der Waals surface area contributed by atoms with Crippen LogP contribution in [0.4, 0.5) is 14.5 Å². The molecule has 1 heterocycles. The lowest BCUT2D eigenvalue weighted by molar-refractivity contribution is -0.117. The van der Waals surface area contributed by atoms with E-state index in [0.29, 0.717) is 5.56 Å². The summed E-state index contributed by atoms with van der Waals surface area (Å²) in [5, 5.41) is 5.03. The normalized spacial score (nSPS) is 19.4. The molecule has 0 saturated carbocycles. The molecule has 74 valence electrons. The number of fused-ring (bicyclic) bond motifs is 1. The number of anilines is 1. The van der Waals surface area contributed by atoms with Crippen LogP contribution in [0, 0.1) is 11.6 Å². The molecule has 3 nitrogen and oxygen atoms in total. The fourth-order valence-corrected chi connectivity index (χ4v) is 1.58. The largest absolute Gasteiger partial charge is 0.322 e. The van der Waals surface area contributed by atoms with Crippen molar-refractivity contribution in [2.75, 3.05) is 12.4 Å². The number of benzene rings is 1. The van der Waals surface area contributed by atoms with Crippen molar-refractivity contribution in [3.63, 3.8) is 0 Å². The number of likely N-dealkylation sites (N-methyl/N-ethyl adjacent to an activating group) is 1. The van der Waals surface area contributed by atoms with Gasteiger partial charge in [-0.05, 0) is 13.1 Å². The minimum atomic E-state index is -0.744. The highest BCUT2D eigenvalue weighted by Crippen LogP contribution is 2.33. The molecule has 0 fully saturated rings. The Morgan fingerprint density at radius 2 is 2.14 bits per heavy atom. The second-order valence-corrected chi connectivity index (χ2v) is 3.06. The lowest BCUT2D eigenvalue weighted by Crippen LogP contribution is -2.23. The first-order chi connectivity index (χ1) is 6.63. The quantitative estimate of drug-likeness (QED) is 0.711. The van der Waals surface area contributed by atoms with Crippen molar-refractivity contribution < 1.29 is 13.6 Å². The summed E-state index contributed by atoms with van der Waals surface area (Å²) >= 11 is 0. The van der Waals surface area contributed by atoms with Crippen LogP contribution in [-0.4, -0.2) is 13.0 Å². The van der Waals surface area contributed by atoms with Crippen LogP contribution in [-0.2, 0) is 4.79 Å². The molecule has 2 N–H and O–H groups in total. The van der Waals surface area contributed by atoms with Gasteiger partial charge in [-0.2, -0.15) is 0 Å². The summed E-state index contributed by atoms with van der Waals surface area (Å²) in [6.07, 6.45) is 0. The molecule has 0 saturated heterocycles. The molecule has 1 aromatic carbocycles. The van der Waals surface area contributed by atoms with Gasteiger partial charge in [-0.3, -0.25) is 4.79 Å². The summed E-state index contributed by atoms with van der Waals surface area (Å²) in [7, 11) is 1.56. The topological polar surface area (TPSA) is 41.1 Å². The Hall–Kier alpha value is -1.49. The van der Waals surface area contributed by atoms with Crippen LogP contribution >= 0.6 is 0 Å². The van der Waals surface area contributed by atoms with Gasteiger partial charge in [0.25, 0.3) is 0 Å². The van der Waals surface area contributed by atoms with E-state index >= 15 is 0 Å². The highest BCUT2D eigenvalue weighted by Gasteiger charge is 2.31. The highest BCUT2D eigenvalue weighted by atomic mass is 19.1. The SMILES string of the molecule is CNC1C(=O)Nc2c(F)cc(F)cc21. The van der Waals surface area contributed by atoms with Gasteiger partial charge in [0.15, 0.2) is 0 Å². The molecule has 1 aromatic rings. The molecule has 1 aliphatic rings. The van der Waals surface area contributed by atoms with E-state index < -0.39 is 17.7 Å². The fraction of sp³-hybridized carbons (Fsp3) is 0.222. The maximum atomic E-state index is 13.2. The van der Waals surface area contributed by atoms with Gasteiger partial charge in [-0.15, -0.1) is 0 Å². The first-order valence-electron chi connectivity index (χ1n) is 4.10. The molecule has 0 aliphatic carbocycles. The van der Waals surface area contributed by atoms with Gasteiger partial charge in [0.2, 0.25) is 5.91 Å². The van der Waals surface area contributed by atoms with Crippen molar-refractivity contribution >= 4 is 11.6 Å². The van der Waals surface area contributed by atoms with Crippen LogP contribution in [0.1, 0.15) is 11.6 Å². The Morgan fingerprint density at radius 1 is 1.43 bits per heavy atom. The van der Waals surface area contributed by atoms with Crippen molar-refractivity contribution in [1.82, 2.24) is 5.32 Å². The van der Waals surface area contributed by atoms with E-state index in [1.165, 1.54) is 0 Å². The van der Waals surface area contributed by atoms with E-state index in [9.17, 15) is 13.6 Å². The first-order valence-corrected chi connectivity index (χ1v) is 4.10. The summed E-state index contributed by atoms with van der Waals surface area (Å²) in [5.41, 5.74) is 0.380. The van der Waals surface area contributed by atoms with Gasteiger partial charge in [-0.25, -0.2) is 8.78 Å². The van der Waals surface area contributed by atoms with Crippen LogP contribution < -0.4 is 10.6 Å². The molecule has 0 aromatic heterocycles. The zero-order chi connectivity index (χ0) is 10.3. The molecule has 5 heteroatoms. The fourth-order valence-electron chi connectivity index (χ4n) is 1.58. The van der Waals surface area contributed by atoms with Crippen LogP contribution in [0.3, 0.4) is 0 Å². The summed E-state index contributed by atoms with van der Waals surface area (Å²) in [6, 6.07) is 1.23. The maximum Gasteiger partial charge on any atom is 0.246 e. The molecule has 0 spiro atoms. The zero-order valence-electron chi connectivity index (χ0n) is 7.40. The number of amides is 1. The number of halogens is 2. The molecule has 14 heavy (non-hydrogen) atoms. The van der Waals surface area contributed by atoms with Gasteiger partial charge in [0.1, 0.15) is 17.7 Å². The van der Waals surface area contributed by atoms with Gasteiger partial charge in [0, 0.05) is 11.6 Å². The lowest BCUT2D eigenvalue weighted by atomic mass is 10.1. The molecule has 1 aliphatic heterocycles. The van der Waals surface area contributed by atoms with E-state index in [4.69, 9.17) is 0 Å². The lowest BCUT2D eigenvalue weighted by Gasteiger charge is -2.06. The standard InChI is InChI=1S/C9H8F2N2O/c1-12-8-5-2-4(10)3-6(11)7(5)13-9(8)14/h2-3,8,12H,1H3,(H,13,14). The Morgan fingerprint density at radius 3 is 2.79 bits per heavy atom. The van der Waals surface area contributed by atoms with Gasteiger partial charge < -0.3 is 10.6 Å². The number of carbonyl (C=O) groups is 1. The minimum absolute atomic E-state index is 0.0655. The Kier molecular flexibility index (Phi) is 1.96. The van der Waals surface area contributed by atoms with Crippen LogP contribution in [0.25, 0.3) is 0 Å². The predicted octanol–water partition coefficient (Wildman–Crippen LogP) is 1.18. The molecule has 1 amide bonds. The second-order valence-electron chi connectivity index (χ2n) is 3.06. The molecule has 0 radical (unpaired) electrons. The average Bonchev–Trinajstić information content (AvgIpc) is 2.41. The smallest absolute Gasteiger partial charge is 0.246 e. The third-order valence-corrected chi connectivity index (χ3v) is 2.20. The molecular formula is C9H8F2N2O. The number of rotatable bonds is 1. The zero-order valence-corrected chi connectivity index (χ0v) is 7.40. The maximum absolute atomic E-state index is 13.2. The Bertz CT molecular complexity index is 406. The molecular weight excluding hydrogens is 190 g/mol. The summed E-state index contributed by atoms with van der Waals surface area (Å²) in [4.78, 5) is 11.3. The molecule has 1 unspecified atom stereocenters. The summed E-state index contributed by atoms with van der Waals surface area (Å²) < 4.78 is 26.0. The van der Waals surface area contributed by atoms with Crippen molar-refractivity contribution in [2.24, 2.45) is 0 Å². The van der Waals surface area contributed by atoms with Crippen LogP contribution in [0.15, 0.2) is 12.1 Å². The van der Waals surface area contributed by atoms with Crippen molar-refractivity contribution in [3.8, 4) is 0 Å². The number of carbonyl (C=O) groups excluding carboxylic acids is 1. The van der Waals surface area contributed by atoms with Gasteiger partial charge in [0.05, 0.1) is 5.69 Å². The summed E-state index contributed by atoms with van der Waals surface area (Å²) in [5.74, 6) is -1.80. The Labute approximate surface area is 79.1 Å². The highest BCUT2D eigenvalue weighted by molar-refractivity contribution is 6.02. The predicted molar refractivity (Wildman–Crippen MR) is 46.8 cm³/mol. The average molecular weight is 198 g/mol. The van der Waals surface area contributed by atoms with E-state index in [0.717, 1.165) is 12.1 Å². The number of hydrogen-bond donors (Lipinski definition) is 2. The van der Waals surface area contributed by atoms with E-state index in [1.807, 2.05) is 0 Å². The second kappa shape index (κ2) is 3.02. The van der Waals surface area contributed by atoms with Gasteiger partial charge >= 0.3 is 0 Å². The van der Waals surface area contributed by atoms with Crippen molar-refractivity contribution in [1.29, 1.82) is 0 Å². The van der Waals surface area contributed by atoms with Gasteiger partial charge in [-0.1, -0.05) is 0 Å². The van der Waals surface area contributed by atoms with Crippen LogP contribution in [0.5, 0.6) is 0 Å². The van der Waals surface area contributed by atoms with E-state index in [1.54, 1.807) is 7.05 Å². The molecule has 1 atom stereocenters. The minimum Gasteiger partial charge on any atom is -0.322 e. The monoisotopic (exact) mass is 198 g/mol. The molecule has 2 rings (SSSR count). The summed E-state index contributed by atoms with van der Waals surface area (Å²) in [6.45, 7) is 0. The van der Waals surface area contributed by atoms with Crippen molar-refractivity contribution in [2.45, 2.75) is 6.04 Å². The van der Waals surface area contributed by atoms with Crippen LogP contribution in [0.2, 0.25) is 0 Å². The van der Waals surface area contributed by atoms with E-state index in [-0.39, 0.29) is 11.6 Å². The number of nitrogens with one attached hydrogen (secondary N) is 2.